The van der Waals surface area contributed by atoms with E-state index in [9.17, 15) is 9.59 Å². The van der Waals surface area contributed by atoms with Crippen LogP contribution in [0, 0.1) is 0 Å². The average molecular weight is 388 g/mol. The lowest BCUT2D eigenvalue weighted by Gasteiger charge is -2.18. The van der Waals surface area contributed by atoms with Crippen LogP contribution in [0.5, 0.6) is 11.5 Å². The first-order valence-electron chi connectivity index (χ1n) is 9.28. The fraction of sp³-hybridized carbons (Fsp3) is 0.130. The van der Waals surface area contributed by atoms with Gasteiger partial charge in [0.15, 0.2) is 6.61 Å². The van der Waals surface area contributed by atoms with Crippen LogP contribution in [0.2, 0.25) is 0 Å². The van der Waals surface area contributed by atoms with Crippen LogP contribution in [0.3, 0.4) is 0 Å². The van der Waals surface area contributed by atoms with Crippen LogP contribution < -0.4 is 20.1 Å². The molecule has 2 amide bonds. The van der Waals surface area contributed by atoms with Gasteiger partial charge in [0, 0.05) is 12.1 Å². The summed E-state index contributed by atoms with van der Waals surface area (Å²) in [6, 6.07) is 22.5. The minimum Gasteiger partial charge on any atom is -0.489 e. The van der Waals surface area contributed by atoms with Crippen molar-refractivity contribution >= 4 is 17.5 Å². The van der Waals surface area contributed by atoms with Crippen LogP contribution >= 0.6 is 0 Å². The number of benzene rings is 3. The van der Waals surface area contributed by atoms with E-state index in [1.54, 1.807) is 18.2 Å². The molecule has 1 aliphatic heterocycles. The molecular formula is C23H20N2O4. The Morgan fingerprint density at radius 3 is 2.59 bits per heavy atom. The van der Waals surface area contributed by atoms with Gasteiger partial charge in [0.1, 0.15) is 18.1 Å². The molecule has 146 valence electrons. The van der Waals surface area contributed by atoms with E-state index in [0.717, 1.165) is 16.9 Å². The van der Waals surface area contributed by atoms with E-state index in [0.29, 0.717) is 30.2 Å². The van der Waals surface area contributed by atoms with Crippen LogP contribution in [0.15, 0.2) is 72.8 Å². The van der Waals surface area contributed by atoms with Gasteiger partial charge in [0.05, 0.1) is 5.69 Å². The first-order valence-corrected chi connectivity index (χ1v) is 9.28. The molecule has 6 heteroatoms. The number of fused-ring (bicyclic) bond motifs is 1. The second kappa shape index (κ2) is 8.48. The molecule has 0 aliphatic carbocycles. The molecule has 4 rings (SSSR count). The van der Waals surface area contributed by atoms with Crippen molar-refractivity contribution in [3.05, 3.63) is 89.5 Å². The topological polar surface area (TPSA) is 76.7 Å². The first-order chi connectivity index (χ1) is 14.2. The maximum atomic E-state index is 12.4. The summed E-state index contributed by atoms with van der Waals surface area (Å²) >= 11 is 0. The van der Waals surface area contributed by atoms with E-state index in [1.807, 2.05) is 54.6 Å². The largest absolute Gasteiger partial charge is 0.489 e. The lowest BCUT2D eigenvalue weighted by Crippen LogP contribution is -2.26. The molecule has 2 N–H and O–H groups in total. The van der Waals surface area contributed by atoms with Gasteiger partial charge in [-0.3, -0.25) is 9.59 Å². The van der Waals surface area contributed by atoms with Crippen molar-refractivity contribution in [1.82, 2.24) is 5.32 Å². The first kappa shape index (κ1) is 18.6. The van der Waals surface area contributed by atoms with E-state index >= 15 is 0 Å². The molecule has 0 radical (unpaired) electrons. The summed E-state index contributed by atoms with van der Waals surface area (Å²) in [6.45, 7) is 0.862. The van der Waals surface area contributed by atoms with Gasteiger partial charge >= 0.3 is 0 Å². The molecule has 1 aliphatic rings. The van der Waals surface area contributed by atoms with E-state index < -0.39 is 0 Å². The van der Waals surface area contributed by atoms with Gasteiger partial charge in [-0.15, -0.1) is 0 Å². The normalized spacial score (nSPS) is 12.3. The zero-order valence-corrected chi connectivity index (χ0v) is 15.7. The molecule has 0 bridgehead atoms. The van der Waals surface area contributed by atoms with Crippen LogP contribution in [0.25, 0.3) is 0 Å². The molecule has 0 fully saturated rings. The molecule has 0 saturated heterocycles. The second-order valence-electron chi connectivity index (χ2n) is 6.65. The van der Waals surface area contributed by atoms with Crippen molar-refractivity contribution < 1.29 is 19.1 Å². The molecule has 3 aromatic rings. The summed E-state index contributed by atoms with van der Waals surface area (Å²) in [6.07, 6.45) is 0. The zero-order valence-electron chi connectivity index (χ0n) is 15.7. The van der Waals surface area contributed by atoms with Crippen LogP contribution in [-0.2, 0) is 17.9 Å². The molecule has 6 nitrogen and oxygen atoms in total. The van der Waals surface area contributed by atoms with E-state index in [4.69, 9.17) is 9.47 Å². The standard InChI is InChI=1S/C23H20N2O4/c26-22-15-29-21-12-18(8-11-20(21)25-22)23(27)24-13-16-6-9-19(10-7-16)28-14-17-4-2-1-3-5-17/h1-12H,13-15H2,(H,24,27)(H,25,26). The van der Waals surface area contributed by atoms with E-state index in [-0.39, 0.29) is 18.4 Å². The number of nitrogens with one attached hydrogen (secondary N) is 2. The minimum absolute atomic E-state index is 0.0449. The molecule has 0 aromatic heterocycles. The van der Waals surface area contributed by atoms with Gasteiger partial charge in [-0.25, -0.2) is 0 Å². The zero-order chi connectivity index (χ0) is 20.1. The molecular weight excluding hydrogens is 368 g/mol. The van der Waals surface area contributed by atoms with Gasteiger partial charge in [-0.1, -0.05) is 42.5 Å². The number of amides is 2. The quantitative estimate of drug-likeness (QED) is 0.677. The third-order valence-electron chi connectivity index (χ3n) is 4.50. The maximum absolute atomic E-state index is 12.4. The van der Waals surface area contributed by atoms with Crippen LogP contribution in [0.4, 0.5) is 5.69 Å². The predicted molar refractivity (Wildman–Crippen MR) is 109 cm³/mol. The molecule has 0 unspecified atom stereocenters. The Kier molecular flexibility index (Phi) is 5.42. The highest BCUT2D eigenvalue weighted by atomic mass is 16.5. The molecule has 1 heterocycles. The highest BCUT2D eigenvalue weighted by Crippen LogP contribution is 2.28. The van der Waals surface area contributed by atoms with Crippen molar-refractivity contribution in [2.24, 2.45) is 0 Å². The summed E-state index contributed by atoms with van der Waals surface area (Å²) < 4.78 is 11.1. The Bertz CT molecular complexity index is 1020. The van der Waals surface area contributed by atoms with Crippen molar-refractivity contribution in [2.75, 3.05) is 11.9 Å². The summed E-state index contributed by atoms with van der Waals surface area (Å²) in [5.74, 6) is 0.860. The Labute approximate surface area is 168 Å². The third kappa shape index (κ3) is 4.73. The number of anilines is 1. The summed E-state index contributed by atoms with van der Waals surface area (Å²) in [4.78, 5) is 23.7. The molecule has 29 heavy (non-hydrogen) atoms. The van der Waals surface area contributed by atoms with Crippen LogP contribution in [0.1, 0.15) is 21.5 Å². The fourth-order valence-electron chi connectivity index (χ4n) is 2.94. The highest BCUT2D eigenvalue weighted by Gasteiger charge is 2.17. The number of carbonyl (C=O) groups excluding carboxylic acids is 2. The Morgan fingerprint density at radius 1 is 1.00 bits per heavy atom. The number of hydrogen-bond acceptors (Lipinski definition) is 4. The Balaban J connectivity index is 1.31. The Morgan fingerprint density at radius 2 is 1.79 bits per heavy atom. The summed E-state index contributed by atoms with van der Waals surface area (Å²) in [5, 5.41) is 5.59. The summed E-state index contributed by atoms with van der Waals surface area (Å²) in [7, 11) is 0. The fourth-order valence-corrected chi connectivity index (χ4v) is 2.94. The second-order valence-corrected chi connectivity index (χ2v) is 6.65. The van der Waals surface area contributed by atoms with Crippen molar-refractivity contribution in [2.45, 2.75) is 13.2 Å². The SMILES string of the molecule is O=C1COc2cc(C(=O)NCc3ccc(OCc4ccccc4)cc3)ccc2N1. The monoisotopic (exact) mass is 388 g/mol. The highest BCUT2D eigenvalue weighted by molar-refractivity contribution is 5.98. The average Bonchev–Trinajstić information content (AvgIpc) is 2.77. The molecule has 3 aromatic carbocycles. The number of rotatable bonds is 6. The molecule has 0 atom stereocenters. The number of carbonyl (C=O) groups is 2. The van der Waals surface area contributed by atoms with Gasteiger partial charge in [-0.2, -0.15) is 0 Å². The number of hydrogen-bond donors (Lipinski definition) is 2. The smallest absolute Gasteiger partial charge is 0.262 e. The maximum Gasteiger partial charge on any atom is 0.262 e. The minimum atomic E-state index is -0.210. The van der Waals surface area contributed by atoms with Gasteiger partial charge in [0.2, 0.25) is 0 Å². The number of ether oxygens (including phenoxy) is 2. The molecule has 0 saturated carbocycles. The van der Waals surface area contributed by atoms with Crippen LogP contribution in [-0.4, -0.2) is 18.4 Å². The van der Waals surface area contributed by atoms with Gasteiger partial charge in [0.25, 0.3) is 11.8 Å². The van der Waals surface area contributed by atoms with Gasteiger partial charge in [-0.05, 0) is 41.5 Å². The lowest BCUT2D eigenvalue weighted by molar-refractivity contribution is -0.118. The van der Waals surface area contributed by atoms with Gasteiger partial charge < -0.3 is 20.1 Å². The van der Waals surface area contributed by atoms with Crippen molar-refractivity contribution in [3.8, 4) is 11.5 Å². The lowest BCUT2D eigenvalue weighted by atomic mass is 10.1. The van der Waals surface area contributed by atoms with E-state index in [1.165, 1.54) is 0 Å². The Hall–Kier alpha value is -3.80. The van der Waals surface area contributed by atoms with Crippen molar-refractivity contribution in [1.29, 1.82) is 0 Å². The van der Waals surface area contributed by atoms with Crippen molar-refractivity contribution in [3.63, 3.8) is 0 Å². The third-order valence-corrected chi connectivity index (χ3v) is 4.50. The summed E-state index contributed by atoms with van der Waals surface area (Å²) in [5.41, 5.74) is 3.12. The predicted octanol–water partition coefficient (Wildman–Crippen LogP) is 3.53. The molecule has 0 spiro atoms. The van der Waals surface area contributed by atoms with E-state index in [2.05, 4.69) is 10.6 Å².